The highest BCUT2D eigenvalue weighted by Gasteiger charge is 2.23. The molecule has 1 fully saturated rings. The Morgan fingerprint density at radius 2 is 2.33 bits per heavy atom. The van der Waals surface area contributed by atoms with Gasteiger partial charge in [0.2, 0.25) is 0 Å². The number of carbonyl (C=O) groups excluding carboxylic acids is 1. The van der Waals surface area contributed by atoms with E-state index in [9.17, 15) is 4.79 Å². The summed E-state index contributed by atoms with van der Waals surface area (Å²) in [5, 5.41) is 3.97. The molecule has 1 heterocycles. The number of hydrogen-bond donors (Lipinski definition) is 1. The lowest BCUT2D eigenvalue weighted by Gasteiger charge is -2.31. The van der Waals surface area contributed by atoms with E-state index in [0.717, 1.165) is 38.0 Å². The predicted octanol–water partition coefficient (Wildman–Crippen LogP) is 3.89. The van der Waals surface area contributed by atoms with Crippen molar-refractivity contribution >= 4 is 23.3 Å². The van der Waals surface area contributed by atoms with Crippen LogP contribution in [0.15, 0.2) is 18.2 Å². The maximum absolute atomic E-state index is 11.8. The molecule has 1 N–H and O–H groups in total. The van der Waals surface area contributed by atoms with Gasteiger partial charge in [0.05, 0.1) is 18.8 Å². The fourth-order valence-electron chi connectivity index (χ4n) is 2.68. The first-order valence-electron chi connectivity index (χ1n) is 7.40. The van der Waals surface area contributed by atoms with Crippen LogP contribution in [-0.4, -0.2) is 31.8 Å². The Bertz CT molecular complexity index is 490. The molecule has 0 radical (unpaired) electrons. The topological polar surface area (TPSA) is 47.6 Å². The fraction of sp³-hybridized carbons (Fsp3) is 0.562. The Balaban J connectivity index is 2.10. The number of esters is 1. The smallest absolute Gasteiger partial charge is 0.340 e. The standard InChI is InChI=1S/C16H22ClNO3/c1-3-4-13-10-12(7-8-21-13)18-15-6-5-11(17)9-14(15)16(19)20-2/h5-6,9,12-13,18H,3-4,7-8,10H2,1-2H3. The molecule has 2 unspecified atom stereocenters. The van der Waals surface area contributed by atoms with E-state index < -0.39 is 0 Å². The quantitative estimate of drug-likeness (QED) is 0.838. The van der Waals surface area contributed by atoms with Gasteiger partial charge < -0.3 is 14.8 Å². The third-order valence-corrected chi connectivity index (χ3v) is 3.96. The van der Waals surface area contributed by atoms with Crippen molar-refractivity contribution in [3.05, 3.63) is 28.8 Å². The van der Waals surface area contributed by atoms with Gasteiger partial charge in [-0.15, -0.1) is 0 Å². The number of nitrogens with one attached hydrogen (secondary N) is 1. The SMILES string of the molecule is CCCC1CC(Nc2ccc(Cl)cc2C(=O)OC)CCO1. The number of benzene rings is 1. The van der Waals surface area contributed by atoms with Gasteiger partial charge in [-0.3, -0.25) is 0 Å². The molecule has 0 spiro atoms. The molecule has 0 bridgehead atoms. The number of ether oxygens (including phenoxy) is 2. The van der Waals surface area contributed by atoms with Crippen LogP contribution in [0.1, 0.15) is 43.0 Å². The van der Waals surface area contributed by atoms with Crippen molar-refractivity contribution in [1.29, 1.82) is 0 Å². The first-order valence-corrected chi connectivity index (χ1v) is 7.77. The average molecular weight is 312 g/mol. The zero-order valence-electron chi connectivity index (χ0n) is 12.5. The Morgan fingerprint density at radius 1 is 1.52 bits per heavy atom. The monoisotopic (exact) mass is 311 g/mol. The third-order valence-electron chi connectivity index (χ3n) is 3.72. The Hall–Kier alpha value is -1.26. The Morgan fingerprint density at radius 3 is 3.05 bits per heavy atom. The Labute approximate surface area is 130 Å². The summed E-state index contributed by atoms with van der Waals surface area (Å²) in [6.45, 7) is 2.92. The lowest BCUT2D eigenvalue weighted by molar-refractivity contribution is 0.00597. The molecular formula is C16H22ClNO3. The number of halogens is 1. The van der Waals surface area contributed by atoms with Crippen molar-refractivity contribution in [1.82, 2.24) is 0 Å². The number of anilines is 1. The van der Waals surface area contributed by atoms with Crippen molar-refractivity contribution in [2.24, 2.45) is 0 Å². The van der Waals surface area contributed by atoms with E-state index in [2.05, 4.69) is 12.2 Å². The van der Waals surface area contributed by atoms with E-state index in [1.54, 1.807) is 12.1 Å². The van der Waals surface area contributed by atoms with E-state index in [1.807, 2.05) is 6.07 Å². The van der Waals surface area contributed by atoms with Crippen molar-refractivity contribution in [3.8, 4) is 0 Å². The van der Waals surface area contributed by atoms with Gasteiger partial charge in [0.1, 0.15) is 0 Å². The summed E-state index contributed by atoms with van der Waals surface area (Å²) in [5.41, 5.74) is 1.25. The lowest BCUT2D eigenvalue weighted by Crippen LogP contribution is -2.34. The summed E-state index contributed by atoms with van der Waals surface area (Å²) in [5.74, 6) is -0.378. The molecule has 1 aromatic rings. The van der Waals surface area contributed by atoms with E-state index in [4.69, 9.17) is 21.1 Å². The molecule has 0 aromatic heterocycles. The summed E-state index contributed by atoms with van der Waals surface area (Å²) in [7, 11) is 1.37. The fourth-order valence-corrected chi connectivity index (χ4v) is 2.85. The molecule has 1 aliphatic rings. The predicted molar refractivity (Wildman–Crippen MR) is 84.1 cm³/mol. The molecule has 2 rings (SSSR count). The van der Waals surface area contributed by atoms with Gasteiger partial charge in [0.15, 0.2) is 0 Å². The minimum Gasteiger partial charge on any atom is -0.465 e. The second-order valence-electron chi connectivity index (χ2n) is 5.33. The van der Waals surface area contributed by atoms with Crippen LogP contribution in [0.25, 0.3) is 0 Å². The van der Waals surface area contributed by atoms with Gasteiger partial charge in [0.25, 0.3) is 0 Å². The van der Waals surface area contributed by atoms with Crippen molar-refractivity contribution < 1.29 is 14.3 Å². The van der Waals surface area contributed by atoms with Gasteiger partial charge in [-0.05, 0) is 37.5 Å². The van der Waals surface area contributed by atoms with Gasteiger partial charge >= 0.3 is 5.97 Å². The van der Waals surface area contributed by atoms with E-state index in [1.165, 1.54) is 7.11 Å². The maximum Gasteiger partial charge on any atom is 0.340 e. The second-order valence-corrected chi connectivity index (χ2v) is 5.77. The van der Waals surface area contributed by atoms with Crippen LogP contribution in [0.5, 0.6) is 0 Å². The van der Waals surface area contributed by atoms with Crippen LogP contribution in [0, 0.1) is 0 Å². The highest BCUT2D eigenvalue weighted by Crippen LogP contribution is 2.26. The zero-order valence-corrected chi connectivity index (χ0v) is 13.3. The molecular weight excluding hydrogens is 290 g/mol. The number of rotatable bonds is 5. The average Bonchev–Trinajstić information content (AvgIpc) is 2.49. The van der Waals surface area contributed by atoms with Crippen LogP contribution < -0.4 is 5.32 Å². The van der Waals surface area contributed by atoms with Gasteiger partial charge in [-0.2, -0.15) is 0 Å². The zero-order chi connectivity index (χ0) is 15.2. The number of methoxy groups -OCH3 is 1. The second kappa shape index (κ2) is 7.66. The summed E-state index contributed by atoms with van der Waals surface area (Å²) < 4.78 is 10.6. The molecule has 1 saturated heterocycles. The van der Waals surface area contributed by atoms with Crippen molar-refractivity contribution in [2.75, 3.05) is 19.0 Å². The van der Waals surface area contributed by atoms with Crippen LogP contribution in [0.3, 0.4) is 0 Å². The first kappa shape index (κ1) is 16.1. The molecule has 5 heteroatoms. The molecule has 4 nitrogen and oxygen atoms in total. The summed E-state index contributed by atoms with van der Waals surface area (Å²) in [6.07, 6.45) is 4.38. The van der Waals surface area contributed by atoms with Crippen molar-refractivity contribution in [3.63, 3.8) is 0 Å². The molecule has 21 heavy (non-hydrogen) atoms. The maximum atomic E-state index is 11.8. The molecule has 2 atom stereocenters. The molecule has 0 aliphatic carbocycles. The van der Waals surface area contributed by atoms with Crippen LogP contribution in [-0.2, 0) is 9.47 Å². The van der Waals surface area contributed by atoms with Gasteiger partial charge in [-0.25, -0.2) is 4.79 Å². The first-order chi connectivity index (χ1) is 10.1. The largest absolute Gasteiger partial charge is 0.465 e. The molecule has 116 valence electrons. The van der Waals surface area contributed by atoms with Crippen LogP contribution in [0.4, 0.5) is 5.69 Å². The molecule has 0 amide bonds. The third kappa shape index (κ3) is 4.35. The van der Waals surface area contributed by atoms with E-state index in [-0.39, 0.29) is 5.97 Å². The summed E-state index contributed by atoms with van der Waals surface area (Å²) in [4.78, 5) is 11.8. The van der Waals surface area contributed by atoms with E-state index >= 15 is 0 Å². The van der Waals surface area contributed by atoms with E-state index in [0.29, 0.717) is 22.7 Å². The summed E-state index contributed by atoms with van der Waals surface area (Å²) in [6, 6.07) is 5.55. The highest BCUT2D eigenvalue weighted by molar-refractivity contribution is 6.31. The van der Waals surface area contributed by atoms with Gasteiger partial charge in [-0.1, -0.05) is 24.9 Å². The lowest BCUT2D eigenvalue weighted by atomic mass is 9.99. The molecule has 0 saturated carbocycles. The van der Waals surface area contributed by atoms with Crippen LogP contribution >= 0.6 is 11.6 Å². The number of hydrogen-bond acceptors (Lipinski definition) is 4. The minimum atomic E-state index is -0.378. The Kier molecular flexibility index (Phi) is 5.88. The normalized spacial score (nSPS) is 21.9. The molecule has 1 aliphatic heterocycles. The molecule has 1 aromatic carbocycles. The summed E-state index contributed by atoms with van der Waals surface area (Å²) >= 11 is 5.97. The van der Waals surface area contributed by atoms with Gasteiger partial charge in [0, 0.05) is 23.4 Å². The van der Waals surface area contributed by atoms with Crippen molar-refractivity contribution in [2.45, 2.75) is 44.8 Å². The van der Waals surface area contributed by atoms with Crippen LogP contribution in [0.2, 0.25) is 5.02 Å². The number of carbonyl (C=O) groups is 1. The highest BCUT2D eigenvalue weighted by atomic mass is 35.5. The minimum absolute atomic E-state index is 0.301.